The van der Waals surface area contributed by atoms with Gasteiger partial charge < -0.3 is 30.0 Å². The number of rotatable bonds is 16. The number of anilines is 1. The molecule has 0 fully saturated rings. The van der Waals surface area contributed by atoms with Gasteiger partial charge in [-0.3, -0.25) is 24.3 Å². The third kappa shape index (κ3) is 8.87. The Bertz CT molecular complexity index is 2000. The third-order valence-corrected chi connectivity index (χ3v) is 10.0. The summed E-state index contributed by atoms with van der Waals surface area (Å²) in [5.41, 5.74) is 1.34. The lowest BCUT2D eigenvalue weighted by atomic mass is 9.92. The van der Waals surface area contributed by atoms with E-state index in [1.165, 1.54) is 55.0 Å². The molecule has 270 valence electrons. The number of pyridine rings is 1. The first kappa shape index (κ1) is 36.9. The van der Waals surface area contributed by atoms with Gasteiger partial charge in [-0.1, -0.05) is 18.2 Å². The van der Waals surface area contributed by atoms with E-state index in [1.807, 2.05) is 24.3 Å². The second kappa shape index (κ2) is 16.6. The number of aliphatic hydroxyl groups is 1. The van der Waals surface area contributed by atoms with Gasteiger partial charge in [0, 0.05) is 63.1 Å². The SMILES string of the molecule is COc1ccc(S(=O)(=O)N(CCO)CCOC2CC(c3cn(C(C)=O)c4ccccc34)C=C(C(=O)NCCNc3ccc([N+](=O)[O-])cn3)O2)cc1. The third-order valence-electron chi connectivity index (χ3n) is 8.13. The number of carbonyl (C=O) groups is 2. The fraction of sp³-hybridized carbons (Fsp3) is 0.324. The van der Waals surface area contributed by atoms with Gasteiger partial charge >= 0.3 is 0 Å². The molecule has 5 rings (SSSR count). The van der Waals surface area contributed by atoms with Crippen LogP contribution in [0.2, 0.25) is 0 Å². The van der Waals surface area contributed by atoms with Crippen LogP contribution in [-0.2, 0) is 24.3 Å². The number of nitrogens with one attached hydrogen (secondary N) is 2. The molecule has 3 N–H and O–H groups in total. The summed E-state index contributed by atoms with van der Waals surface area (Å²) in [5.74, 6) is -0.284. The molecule has 2 unspecified atom stereocenters. The van der Waals surface area contributed by atoms with Gasteiger partial charge in [0.05, 0.1) is 35.7 Å². The minimum Gasteiger partial charge on any atom is -0.497 e. The number of allylic oxidation sites excluding steroid dienone is 1. The van der Waals surface area contributed by atoms with E-state index >= 15 is 0 Å². The van der Waals surface area contributed by atoms with Crippen LogP contribution in [-0.4, -0.2) is 96.9 Å². The standard InChI is InChI=1S/C34H38N6O10S/c1-23(42)39-22-29(28-5-3-4-6-30(28)39)24-19-31(34(43)36-14-13-35-32-12-7-25(21-37-32)40(44)45)50-33(20-24)49-18-16-38(15-17-41)51(46,47)27-10-8-26(48-2)9-11-27/h3-12,19,21-22,24,33,41H,13-18,20H2,1-2H3,(H,35,37)(H,36,43). The largest absolute Gasteiger partial charge is 0.497 e. The number of benzene rings is 2. The summed E-state index contributed by atoms with van der Waals surface area (Å²) in [7, 11) is -2.52. The zero-order valence-electron chi connectivity index (χ0n) is 27.9. The Labute approximate surface area is 293 Å². The minimum absolute atomic E-state index is 0.0216. The summed E-state index contributed by atoms with van der Waals surface area (Å²) < 4.78 is 46.6. The van der Waals surface area contributed by atoms with E-state index in [1.54, 1.807) is 12.3 Å². The maximum absolute atomic E-state index is 13.4. The number of hydrogen-bond acceptors (Lipinski definition) is 12. The van der Waals surface area contributed by atoms with Crippen molar-refractivity contribution in [2.45, 2.75) is 30.4 Å². The predicted octanol–water partition coefficient (Wildman–Crippen LogP) is 3.26. The smallest absolute Gasteiger partial charge is 0.287 e. The Morgan fingerprint density at radius 2 is 1.88 bits per heavy atom. The molecule has 17 heteroatoms. The first-order valence-electron chi connectivity index (χ1n) is 16.0. The topological polar surface area (TPSA) is 204 Å². The molecule has 4 aromatic rings. The first-order valence-corrected chi connectivity index (χ1v) is 17.4. The van der Waals surface area contributed by atoms with E-state index in [-0.39, 0.29) is 61.5 Å². The van der Waals surface area contributed by atoms with Crippen LogP contribution in [0.5, 0.6) is 5.75 Å². The van der Waals surface area contributed by atoms with Crippen LogP contribution >= 0.6 is 0 Å². The highest BCUT2D eigenvalue weighted by atomic mass is 32.2. The molecule has 0 saturated carbocycles. The van der Waals surface area contributed by atoms with E-state index in [4.69, 9.17) is 14.2 Å². The molecular formula is C34H38N6O10S. The number of nitrogens with zero attached hydrogens (tertiary/aromatic N) is 4. The monoisotopic (exact) mass is 722 g/mol. The van der Waals surface area contributed by atoms with Gasteiger partial charge in [0.1, 0.15) is 17.8 Å². The molecule has 0 aliphatic carbocycles. The summed E-state index contributed by atoms with van der Waals surface area (Å²) in [4.78, 5) is 40.2. The minimum atomic E-state index is -3.99. The number of fused-ring (bicyclic) bond motifs is 1. The van der Waals surface area contributed by atoms with E-state index in [0.29, 0.717) is 17.1 Å². The van der Waals surface area contributed by atoms with E-state index in [0.717, 1.165) is 21.5 Å². The second-order valence-corrected chi connectivity index (χ2v) is 13.4. The summed E-state index contributed by atoms with van der Waals surface area (Å²) in [6.07, 6.45) is 3.81. The number of para-hydroxylation sites is 1. The van der Waals surface area contributed by atoms with Crippen molar-refractivity contribution in [1.82, 2.24) is 19.2 Å². The average Bonchev–Trinajstić information content (AvgIpc) is 3.53. The van der Waals surface area contributed by atoms with Gasteiger partial charge in [-0.25, -0.2) is 13.4 Å². The number of ether oxygens (including phenoxy) is 3. The number of nitro groups is 1. The van der Waals surface area contributed by atoms with Crippen molar-refractivity contribution in [3.05, 3.63) is 101 Å². The van der Waals surface area contributed by atoms with Crippen molar-refractivity contribution in [2.24, 2.45) is 0 Å². The normalized spacial score (nSPS) is 16.0. The second-order valence-electron chi connectivity index (χ2n) is 11.4. The highest BCUT2D eigenvalue weighted by molar-refractivity contribution is 7.89. The molecule has 1 aliphatic rings. The lowest BCUT2D eigenvalue weighted by Gasteiger charge is -2.30. The highest BCUT2D eigenvalue weighted by Crippen LogP contribution is 2.36. The Kier molecular flexibility index (Phi) is 12.0. The van der Waals surface area contributed by atoms with Crippen LogP contribution in [0, 0.1) is 10.1 Å². The van der Waals surface area contributed by atoms with Gasteiger partial charge in [-0.2, -0.15) is 4.31 Å². The van der Waals surface area contributed by atoms with Gasteiger partial charge in [0.25, 0.3) is 11.6 Å². The van der Waals surface area contributed by atoms with Crippen LogP contribution in [0.3, 0.4) is 0 Å². The van der Waals surface area contributed by atoms with Gasteiger partial charge in [-0.15, -0.1) is 0 Å². The maximum Gasteiger partial charge on any atom is 0.287 e. The fourth-order valence-corrected chi connectivity index (χ4v) is 7.01. The summed E-state index contributed by atoms with van der Waals surface area (Å²) in [5, 5.41) is 27.1. The molecule has 1 amide bonds. The summed E-state index contributed by atoms with van der Waals surface area (Å²) in [6.45, 7) is 1.03. The first-order chi connectivity index (χ1) is 24.5. The lowest BCUT2D eigenvalue weighted by Crippen LogP contribution is -2.38. The van der Waals surface area contributed by atoms with Crippen molar-refractivity contribution in [3.63, 3.8) is 0 Å². The average molecular weight is 723 g/mol. The predicted molar refractivity (Wildman–Crippen MR) is 186 cm³/mol. The van der Waals surface area contributed by atoms with Gasteiger partial charge in [-0.05, 0) is 48.0 Å². The van der Waals surface area contributed by atoms with E-state index in [9.17, 15) is 33.2 Å². The van der Waals surface area contributed by atoms with Crippen LogP contribution in [0.25, 0.3) is 10.9 Å². The number of aliphatic hydroxyl groups excluding tert-OH is 1. The Morgan fingerprint density at radius 3 is 2.55 bits per heavy atom. The van der Waals surface area contributed by atoms with Crippen molar-refractivity contribution in [2.75, 3.05) is 51.8 Å². The number of hydrogen-bond donors (Lipinski definition) is 3. The molecule has 51 heavy (non-hydrogen) atoms. The number of carbonyl (C=O) groups excluding carboxylic acids is 2. The maximum atomic E-state index is 13.4. The summed E-state index contributed by atoms with van der Waals surface area (Å²) >= 11 is 0. The number of sulfonamides is 1. The molecule has 1 aliphatic heterocycles. The van der Waals surface area contributed by atoms with Crippen molar-refractivity contribution in [1.29, 1.82) is 0 Å². The van der Waals surface area contributed by atoms with Crippen molar-refractivity contribution < 1.29 is 42.2 Å². The molecule has 2 aromatic heterocycles. The van der Waals surface area contributed by atoms with Crippen LogP contribution in [0.1, 0.15) is 29.6 Å². The van der Waals surface area contributed by atoms with Crippen LogP contribution in [0.15, 0.2) is 89.8 Å². The lowest BCUT2D eigenvalue weighted by molar-refractivity contribution is -0.385. The van der Waals surface area contributed by atoms with Crippen LogP contribution in [0.4, 0.5) is 11.5 Å². The Morgan fingerprint density at radius 1 is 1.12 bits per heavy atom. The van der Waals surface area contributed by atoms with Crippen molar-refractivity contribution in [3.8, 4) is 5.75 Å². The van der Waals surface area contributed by atoms with Gasteiger partial charge in [0.2, 0.25) is 22.2 Å². The van der Waals surface area contributed by atoms with Crippen LogP contribution < -0.4 is 15.4 Å². The zero-order valence-corrected chi connectivity index (χ0v) is 28.7. The molecule has 2 atom stereocenters. The molecule has 3 heterocycles. The molecule has 0 bridgehead atoms. The summed E-state index contributed by atoms with van der Waals surface area (Å²) in [6, 6.07) is 16.1. The molecule has 0 spiro atoms. The Hall–Kier alpha value is -5.36. The molecule has 16 nitrogen and oxygen atoms in total. The molecule has 0 saturated heterocycles. The van der Waals surface area contributed by atoms with E-state index < -0.39 is 39.7 Å². The zero-order chi connectivity index (χ0) is 36.5. The fourth-order valence-electron chi connectivity index (χ4n) is 5.60. The highest BCUT2D eigenvalue weighted by Gasteiger charge is 2.32. The van der Waals surface area contributed by atoms with Gasteiger partial charge in [0.15, 0.2) is 5.76 Å². The van der Waals surface area contributed by atoms with E-state index in [2.05, 4.69) is 15.6 Å². The molecule has 2 aromatic carbocycles. The Balaban J connectivity index is 1.30. The molecular weight excluding hydrogens is 684 g/mol. The number of aromatic nitrogens is 2. The number of amides is 1. The quantitative estimate of drug-likeness (QED) is 0.0867. The number of methoxy groups -OCH3 is 1. The molecule has 0 radical (unpaired) electrons. The van der Waals surface area contributed by atoms with Crippen molar-refractivity contribution >= 4 is 44.2 Å².